The van der Waals surface area contributed by atoms with Crippen molar-refractivity contribution in [1.82, 2.24) is 4.90 Å². The van der Waals surface area contributed by atoms with Gasteiger partial charge < -0.3 is 9.80 Å². The van der Waals surface area contributed by atoms with Gasteiger partial charge >= 0.3 is 0 Å². The highest BCUT2D eigenvalue weighted by atomic mass is 35.5. The molecule has 0 N–H and O–H groups in total. The summed E-state index contributed by atoms with van der Waals surface area (Å²) in [6.45, 7) is 4.38. The van der Waals surface area contributed by atoms with Gasteiger partial charge in [-0.1, -0.05) is 17.7 Å². The molecule has 1 saturated heterocycles. The lowest BCUT2D eigenvalue weighted by Crippen LogP contribution is -2.57. The van der Waals surface area contributed by atoms with E-state index in [2.05, 4.69) is 0 Å². The Bertz CT molecular complexity index is 823. The first kappa shape index (κ1) is 17.4. The van der Waals surface area contributed by atoms with Crippen LogP contribution in [-0.4, -0.2) is 35.8 Å². The molecule has 0 bridgehead atoms. The maximum Gasteiger partial charge on any atom is 0.254 e. The molecule has 130 valence electrons. The Hall–Kier alpha value is -2.40. The third kappa shape index (κ3) is 3.37. The fourth-order valence-corrected chi connectivity index (χ4v) is 3.09. The zero-order valence-electron chi connectivity index (χ0n) is 14.0. The summed E-state index contributed by atoms with van der Waals surface area (Å²) in [5.41, 5.74) is 2.03. The number of halogens is 2. The van der Waals surface area contributed by atoms with Crippen LogP contribution in [0.2, 0.25) is 5.02 Å². The minimum absolute atomic E-state index is 0.165. The number of aryl methyl sites for hydroxylation is 1. The van der Waals surface area contributed by atoms with E-state index < -0.39 is 11.9 Å². The third-order valence-corrected chi connectivity index (χ3v) is 4.88. The van der Waals surface area contributed by atoms with Crippen molar-refractivity contribution < 1.29 is 14.0 Å². The normalized spacial score (nSPS) is 17.8. The number of anilines is 1. The molecule has 1 fully saturated rings. The molecule has 0 aromatic heterocycles. The van der Waals surface area contributed by atoms with Crippen molar-refractivity contribution >= 4 is 29.1 Å². The highest BCUT2D eigenvalue weighted by Gasteiger charge is 2.35. The number of piperazine rings is 1. The average molecular weight is 361 g/mol. The standard InChI is InChI=1S/C19H18ClFN2O2/c1-12-3-8-16(11-17(12)20)23-10-9-22(13(2)18(23)24)19(25)14-4-6-15(21)7-5-14/h3-8,11,13H,9-10H2,1-2H3/t13-/m0/s1. The van der Waals surface area contributed by atoms with E-state index in [-0.39, 0.29) is 11.8 Å². The molecule has 0 aliphatic carbocycles. The van der Waals surface area contributed by atoms with Crippen molar-refractivity contribution in [2.24, 2.45) is 0 Å². The summed E-state index contributed by atoms with van der Waals surface area (Å²) in [5, 5.41) is 0.600. The third-order valence-electron chi connectivity index (χ3n) is 4.47. The summed E-state index contributed by atoms with van der Waals surface area (Å²) in [7, 11) is 0. The molecule has 0 radical (unpaired) electrons. The second-order valence-corrected chi connectivity index (χ2v) is 6.51. The molecule has 2 aromatic rings. The Labute approximate surface area is 150 Å². The molecule has 2 amide bonds. The fourth-order valence-electron chi connectivity index (χ4n) is 2.91. The van der Waals surface area contributed by atoms with E-state index in [1.165, 1.54) is 29.2 Å². The number of rotatable bonds is 2. The van der Waals surface area contributed by atoms with E-state index in [1.54, 1.807) is 17.9 Å². The van der Waals surface area contributed by atoms with E-state index in [4.69, 9.17) is 11.6 Å². The fraction of sp³-hybridized carbons (Fsp3) is 0.263. The molecule has 0 spiro atoms. The number of amides is 2. The summed E-state index contributed by atoms with van der Waals surface area (Å²) < 4.78 is 13.0. The summed E-state index contributed by atoms with van der Waals surface area (Å²) in [6.07, 6.45) is 0. The van der Waals surface area contributed by atoms with Crippen molar-refractivity contribution in [2.75, 3.05) is 18.0 Å². The van der Waals surface area contributed by atoms with Crippen molar-refractivity contribution in [3.8, 4) is 0 Å². The summed E-state index contributed by atoms with van der Waals surface area (Å²) in [5.74, 6) is -0.842. The minimum atomic E-state index is -0.605. The van der Waals surface area contributed by atoms with Crippen LogP contribution in [0.3, 0.4) is 0 Å². The predicted molar refractivity (Wildman–Crippen MR) is 95.4 cm³/mol. The van der Waals surface area contributed by atoms with E-state index in [0.717, 1.165) is 11.3 Å². The van der Waals surface area contributed by atoms with Crippen LogP contribution in [0.25, 0.3) is 0 Å². The van der Waals surface area contributed by atoms with E-state index >= 15 is 0 Å². The van der Waals surface area contributed by atoms with Gasteiger partial charge in [-0.15, -0.1) is 0 Å². The lowest BCUT2D eigenvalue weighted by atomic mass is 10.1. The highest BCUT2D eigenvalue weighted by molar-refractivity contribution is 6.31. The maximum absolute atomic E-state index is 13.0. The van der Waals surface area contributed by atoms with Gasteiger partial charge in [0.25, 0.3) is 5.91 Å². The van der Waals surface area contributed by atoms with Gasteiger partial charge in [-0.2, -0.15) is 0 Å². The smallest absolute Gasteiger partial charge is 0.254 e. The van der Waals surface area contributed by atoms with Gasteiger partial charge in [-0.25, -0.2) is 4.39 Å². The maximum atomic E-state index is 13.0. The van der Waals surface area contributed by atoms with Crippen molar-refractivity contribution in [3.05, 3.63) is 64.4 Å². The predicted octanol–water partition coefficient (Wildman–Crippen LogP) is 3.67. The Morgan fingerprint density at radius 1 is 1.16 bits per heavy atom. The lowest BCUT2D eigenvalue weighted by Gasteiger charge is -2.39. The second kappa shape index (κ2) is 6.84. The van der Waals surface area contributed by atoms with Crippen LogP contribution in [0.1, 0.15) is 22.8 Å². The largest absolute Gasteiger partial charge is 0.325 e. The van der Waals surface area contributed by atoms with Crippen LogP contribution < -0.4 is 4.90 Å². The first-order valence-corrected chi connectivity index (χ1v) is 8.40. The van der Waals surface area contributed by atoms with Gasteiger partial charge in [-0.05, 0) is 55.8 Å². The molecule has 1 heterocycles. The number of nitrogens with zero attached hydrogens (tertiary/aromatic N) is 2. The van der Waals surface area contributed by atoms with E-state index in [9.17, 15) is 14.0 Å². The van der Waals surface area contributed by atoms with Gasteiger partial charge in [0.15, 0.2) is 0 Å². The quantitative estimate of drug-likeness (QED) is 0.820. The Kier molecular flexibility index (Phi) is 4.77. The minimum Gasteiger partial charge on any atom is -0.325 e. The Morgan fingerprint density at radius 3 is 2.48 bits per heavy atom. The van der Waals surface area contributed by atoms with Crippen LogP contribution in [0.15, 0.2) is 42.5 Å². The van der Waals surface area contributed by atoms with Crippen molar-refractivity contribution in [2.45, 2.75) is 19.9 Å². The first-order valence-electron chi connectivity index (χ1n) is 8.02. The molecular formula is C19H18ClFN2O2. The van der Waals surface area contributed by atoms with Gasteiger partial charge in [0, 0.05) is 29.4 Å². The molecule has 1 aliphatic heterocycles. The van der Waals surface area contributed by atoms with Crippen molar-refractivity contribution in [1.29, 1.82) is 0 Å². The summed E-state index contributed by atoms with van der Waals surface area (Å²) in [4.78, 5) is 28.5. The van der Waals surface area contributed by atoms with Crippen molar-refractivity contribution in [3.63, 3.8) is 0 Å². The summed E-state index contributed by atoms with van der Waals surface area (Å²) in [6, 6.07) is 10.2. The van der Waals surface area contributed by atoms with Gasteiger partial charge in [0.2, 0.25) is 5.91 Å². The topological polar surface area (TPSA) is 40.6 Å². The number of carbonyl (C=O) groups excluding carboxylic acids is 2. The molecule has 3 rings (SSSR count). The van der Waals surface area contributed by atoms with Crippen LogP contribution >= 0.6 is 11.6 Å². The van der Waals surface area contributed by atoms with Crippen LogP contribution in [0, 0.1) is 12.7 Å². The second-order valence-electron chi connectivity index (χ2n) is 6.10. The SMILES string of the molecule is Cc1ccc(N2CCN(C(=O)c3ccc(F)cc3)[C@@H](C)C2=O)cc1Cl. The van der Waals surface area contributed by atoms with Crippen LogP contribution in [0.4, 0.5) is 10.1 Å². The van der Waals surface area contributed by atoms with Gasteiger partial charge in [0.1, 0.15) is 11.9 Å². The molecule has 0 unspecified atom stereocenters. The van der Waals surface area contributed by atoms with Gasteiger partial charge in [-0.3, -0.25) is 9.59 Å². The molecule has 4 nitrogen and oxygen atoms in total. The number of benzene rings is 2. The van der Waals surface area contributed by atoms with Crippen LogP contribution in [0.5, 0.6) is 0 Å². The molecule has 1 atom stereocenters. The molecule has 0 saturated carbocycles. The number of hydrogen-bond acceptors (Lipinski definition) is 2. The highest BCUT2D eigenvalue weighted by Crippen LogP contribution is 2.26. The van der Waals surface area contributed by atoms with Gasteiger partial charge in [0.05, 0.1) is 0 Å². The molecule has 25 heavy (non-hydrogen) atoms. The molecular weight excluding hydrogens is 343 g/mol. The Balaban J connectivity index is 1.80. The van der Waals surface area contributed by atoms with E-state index in [1.807, 2.05) is 19.1 Å². The van der Waals surface area contributed by atoms with Crippen LogP contribution in [-0.2, 0) is 4.79 Å². The zero-order valence-corrected chi connectivity index (χ0v) is 14.8. The average Bonchev–Trinajstić information content (AvgIpc) is 2.60. The molecule has 1 aliphatic rings. The monoisotopic (exact) mass is 360 g/mol. The number of carbonyl (C=O) groups is 2. The molecule has 6 heteroatoms. The van der Waals surface area contributed by atoms with E-state index in [0.29, 0.717) is 23.7 Å². The zero-order chi connectivity index (χ0) is 18.1. The lowest BCUT2D eigenvalue weighted by molar-refractivity contribution is -0.124. The molecule has 2 aromatic carbocycles. The summed E-state index contributed by atoms with van der Waals surface area (Å²) >= 11 is 6.16. The first-order chi connectivity index (χ1) is 11.9. The Morgan fingerprint density at radius 2 is 1.84 bits per heavy atom. The number of hydrogen-bond donors (Lipinski definition) is 0.